The summed E-state index contributed by atoms with van der Waals surface area (Å²) < 4.78 is 43.8. The van der Waals surface area contributed by atoms with Crippen molar-refractivity contribution in [2.45, 2.75) is 32.4 Å². The maximum atomic E-state index is 14.8. The minimum Gasteiger partial charge on any atom is -0.395 e. The summed E-state index contributed by atoms with van der Waals surface area (Å²) in [5, 5.41) is 9.13. The van der Waals surface area contributed by atoms with E-state index in [4.69, 9.17) is 5.73 Å². The highest BCUT2D eigenvalue weighted by Gasteiger charge is 2.14. The molecule has 1 aromatic carbocycles. The van der Waals surface area contributed by atoms with Crippen LogP contribution in [-0.4, -0.2) is 25.8 Å². The first-order valence-corrected chi connectivity index (χ1v) is 10.5. The maximum absolute atomic E-state index is 14.8. The van der Waals surface area contributed by atoms with Crippen LogP contribution in [0.15, 0.2) is 52.4 Å². The number of aromatic amines is 1. The van der Waals surface area contributed by atoms with Gasteiger partial charge in [-0.05, 0) is 43.4 Å². The summed E-state index contributed by atoms with van der Waals surface area (Å²) in [5.74, 6) is -2.35. The molecule has 11 heteroatoms. The average Bonchev–Trinajstić information content (AvgIpc) is 2.80. The summed E-state index contributed by atoms with van der Waals surface area (Å²) >= 11 is 0. The lowest BCUT2D eigenvalue weighted by Gasteiger charge is -2.15. The molecular formula is C23H21F3N6O2. The van der Waals surface area contributed by atoms with Gasteiger partial charge in [0.05, 0.1) is 34.8 Å². The Bertz CT molecular complexity index is 1480. The number of aryl methyl sites for hydroxylation is 1. The molecule has 8 nitrogen and oxygen atoms in total. The lowest BCUT2D eigenvalue weighted by Crippen LogP contribution is -2.23. The summed E-state index contributed by atoms with van der Waals surface area (Å²) in [6.07, 6.45) is 5.04. The monoisotopic (exact) mass is 470 g/mol. The molecule has 0 spiro atoms. The lowest BCUT2D eigenvalue weighted by molar-refractivity contribution is 0.558. The largest absolute Gasteiger partial charge is 0.395 e. The van der Waals surface area contributed by atoms with E-state index in [-0.39, 0.29) is 39.6 Å². The number of benzene rings is 1. The van der Waals surface area contributed by atoms with Crippen molar-refractivity contribution in [2.75, 3.05) is 11.1 Å². The van der Waals surface area contributed by atoms with Gasteiger partial charge in [-0.15, -0.1) is 0 Å². The van der Waals surface area contributed by atoms with Crippen LogP contribution in [0.4, 0.5) is 24.5 Å². The number of nitrogen functional groups attached to an aromatic ring is 1. The summed E-state index contributed by atoms with van der Waals surface area (Å²) in [7, 11) is 0. The third-order valence-electron chi connectivity index (χ3n) is 5.46. The quantitative estimate of drug-likeness (QED) is 0.381. The van der Waals surface area contributed by atoms with E-state index >= 15 is 0 Å². The van der Waals surface area contributed by atoms with Gasteiger partial charge in [0.15, 0.2) is 0 Å². The van der Waals surface area contributed by atoms with E-state index in [1.54, 1.807) is 12.3 Å². The zero-order valence-corrected chi connectivity index (χ0v) is 18.1. The smallest absolute Gasteiger partial charge is 0.302 e. The molecular weight excluding hydrogens is 449 g/mol. The molecule has 34 heavy (non-hydrogen) atoms. The molecule has 1 atom stereocenters. The standard InChI is InChI=1S/C23H21F3N6O2/c1-12(30-20-11-29-31-22(33)21(20)26)3-2-5-32-6-4-13-7-15(16(24)8-14(13)23(32)34)19-9-17(25)18(27)10-28-19/h4,6-12H,2-3,5,27H2,1H3,(H2,30,31,33)/t12-/m0/s1. The number of anilines is 2. The number of H-pyrrole nitrogens is 1. The predicted molar refractivity (Wildman–Crippen MR) is 123 cm³/mol. The summed E-state index contributed by atoms with van der Waals surface area (Å²) in [5.41, 5.74) is 4.14. The molecule has 0 fully saturated rings. The first-order valence-electron chi connectivity index (χ1n) is 10.5. The van der Waals surface area contributed by atoms with Crippen molar-refractivity contribution in [2.24, 2.45) is 0 Å². The fourth-order valence-corrected chi connectivity index (χ4v) is 3.66. The van der Waals surface area contributed by atoms with Crippen molar-refractivity contribution in [3.05, 3.63) is 81.0 Å². The minimum absolute atomic E-state index is 0.000810. The van der Waals surface area contributed by atoms with Gasteiger partial charge in [0.2, 0.25) is 5.82 Å². The third kappa shape index (κ3) is 4.63. The van der Waals surface area contributed by atoms with Gasteiger partial charge in [0.25, 0.3) is 5.56 Å². The summed E-state index contributed by atoms with van der Waals surface area (Å²) in [6, 6.07) is 5.09. The molecule has 0 aliphatic heterocycles. The molecule has 0 aliphatic rings. The SMILES string of the molecule is C[C@@H](CCCn1ccc2cc(-c3cc(F)c(N)cn3)c(F)cc2c1=O)Nc1cn[nH]c(=O)c1F. The molecule has 0 bridgehead atoms. The summed E-state index contributed by atoms with van der Waals surface area (Å²) in [6.45, 7) is 2.17. The molecule has 0 amide bonds. The van der Waals surface area contributed by atoms with Crippen molar-refractivity contribution in [1.29, 1.82) is 0 Å². The predicted octanol–water partition coefficient (Wildman–Crippen LogP) is 3.43. The number of fused-ring (bicyclic) bond motifs is 1. The van der Waals surface area contributed by atoms with Crippen LogP contribution in [0.25, 0.3) is 22.0 Å². The highest BCUT2D eigenvalue weighted by molar-refractivity contribution is 5.86. The van der Waals surface area contributed by atoms with E-state index in [1.165, 1.54) is 16.8 Å². The Morgan fingerprint density at radius 2 is 1.94 bits per heavy atom. The van der Waals surface area contributed by atoms with Gasteiger partial charge >= 0.3 is 5.56 Å². The van der Waals surface area contributed by atoms with Crippen molar-refractivity contribution in [1.82, 2.24) is 19.7 Å². The van der Waals surface area contributed by atoms with Gasteiger partial charge in [-0.3, -0.25) is 14.6 Å². The normalized spacial score (nSPS) is 12.1. The molecule has 3 aromatic heterocycles. The second-order valence-electron chi connectivity index (χ2n) is 7.94. The van der Waals surface area contributed by atoms with Gasteiger partial charge in [-0.1, -0.05) is 0 Å². The number of nitrogens with two attached hydrogens (primary N) is 1. The Kier molecular flexibility index (Phi) is 6.35. The second-order valence-corrected chi connectivity index (χ2v) is 7.94. The average molecular weight is 470 g/mol. The zero-order valence-electron chi connectivity index (χ0n) is 18.1. The number of hydrogen-bond donors (Lipinski definition) is 3. The fraction of sp³-hybridized carbons (Fsp3) is 0.217. The van der Waals surface area contributed by atoms with E-state index in [0.717, 1.165) is 18.3 Å². The van der Waals surface area contributed by atoms with Crippen LogP contribution >= 0.6 is 0 Å². The molecule has 4 N–H and O–H groups in total. The van der Waals surface area contributed by atoms with Crippen LogP contribution in [0.3, 0.4) is 0 Å². The number of hydrogen-bond acceptors (Lipinski definition) is 6. The van der Waals surface area contributed by atoms with Crippen LogP contribution in [0.2, 0.25) is 0 Å². The Morgan fingerprint density at radius 3 is 2.71 bits per heavy atom. The highest BCUT2D eigenvalue weighted by atomic mass is 19.1. The summed E-state index contributed by atoms with van der Waals surface area (Å²) in [4.78, 5) is 28.1. The minimum atomic E-state index is -0.939. The molecule has 0 radical (unpaired) electrons. The number of aromatic nitrogens is 4. The molecule has 4 aromatic rings. The van der Waals surface area contributed by atoms with E-state index in [0.29, 0.717) is 24.8 Å². The van der Waals surface area contributed by atoms with E-state index in [1.807, 2.05) is 12.0 Å². The van der Waals surface area contributed by atoms with Gasteiger partial charge < -0.3 is 15.6 Å². The topological polar surface area (TPSA) is 119 Å². The first kappa shape index (κ1) is 23.0. The Morgan fingerprint density at radius 1 is 1.15 bits per heavy atom. The van der Waals surface area contributed by atoms with Crippen molar-refractivity contribution < 1.29 is 13.2 Å². The first-order chi connectivity index (χ1) is 16.2. The van der Waals surface area contributed by atoms with Crippen LogP contribution in [0.5, 0.6) is 0 Å². The van der Waals surface area contributed by atoms with Crippen LogP contribution in [-0.2, 0) is 6.54 Å². The molecule has 4 rings (SSSR count). The lowest BCUT2D eigenvalue weighted by atomic mass is 10.0. The number of nitrogens with zero attached hydrogens (tertiary/aromatic N) is 3. The maximum Gasteiger partial charge on any atom is 0.302 e. The Hall–Kier alpha value is -4.15. The number of halogens is 3. The molecule has 0 unspecified atom stereocenters. The molecule has 0 saturated heterocycles. The van der Waals surface area contributed by atoms with Crippen molar-refractivity contribution in [3.63, 3.8) is 0 Å². The van der Waals surface area contributed by atoms with Crippen molar-refractivity contribution in [3.8, 4) is 11.3 Å². The number of pyridine rings is 2. The second kappa shape index (κ2) is 9.38. The Labute approximate surface area is 191 Å². The van der Waals surface area contributed by atoms with Gasteiger partial charge in [0, 0.05) is 30.4 Å². The molecule has 0 aliphatic carbocycles. The van der Waals surface area contributed by atoms with Crippen LogP contribution < -0.4 is 22.2 Å². The van der Waals surface area contributed by atoms with Gasteiger partial charge in [-0.25, -0.2) is 13.9 Å². The molecule has 0 saturated carbocycles. The fourth-order valence-electron chi connectivity index (χ4n) is 3.66. The number of nitrogens with one attached hydrogen (secondary N) is 2. The number of rotatable bonds is 7. The van der Waals surface area contributed by atoms with Crippen LogP contribution in [0, 0.1) is 17.5 Å². The molecule has 176 valence electrons. The Balaban J connectivity index is 1.49. The zero-order chi connectivity index (χ0) is 24.4. The van der Waals surface area contributed by atoms with Crippen LogP contribution in [0.1, 0.15) is 19.8 Å². The van der Waals surface area contributed by atoms with Crippen molar-refractivity contribution >= 4 is 22.1 Å². The highest BCUT2D eigenvalue weighted by Crippen LogP contribution is 2.27. The molecule has 3 heterocycles. The third-order valence-corrected chi connectivity index (χ3v) is 5.46. The van der Waals surface area contributed by atoms with E-state index in [9.17, 15) is 22.8 Å². The van der Waals surface area contributed by atoms with E-state index in [2.05, 4.69) is 15.4 Å². The van der Waals surface area contributed by atoms with E-state index < -0.39 is 23.0 Å². The van der Waals surface area contributed by atoms with Gasteiger partial charge in [-0.2, -0.15) is 9.49 Å². The van der Waals surface area contributed by atoms with Gasteiger partial charge in [0.1, 0.15) is 11.6 Å².